The second-order valence-electron chi connectivity index (χ2n) is 3.80. The molecule has 0 saturated carbocycles. The summed E-state index contributed by atoms with van der Waals surface area (Å²) in [6.07, 6.45) is 2.66. The van der Waals surface area contributed by atoms with E-state index in [1.807, 2.05) is 6.07 Å². The lowest BCUT2D eigenvalue weighted by Gasteiger charge is -1.99. The van der Waals surface area contributed by atoms with Gasteiger partial charge in [0, 0.05) is 5.56 Å². The van der Waals surface area contributed by atoms with E-state index in [2.05, 4.69) is 11.4 Å². The van der Waals surface area contributed by atoms with Gasteiger partial charge in [-0.2, -0.15) is 5.26 Å². The number of halogens is 1. The second-order valence-corrected chi connectivity index (χ2v) is 3.80. The second kappa shape index (κ2) is 6.31. The third kappa shape index (κ3) is 3.93. The van der Waals surface area contributed by atoms with Crippen molar-refractivity contribution in [2.24, 2.45) is 5.16 Å². The van der Waals surface area contributed by atoms with Crippen molar-refractivity contribution in [2.45, 2.75) is 6.61 Å². The van der Waals surface area contributed by atoms with E-state index in [9.17, 15) is 4.39 Å². The van der Waals surface area contributed by atoms with Crippen molar-refractivity contribution >= 4 is 6.21 Å². The third-order valence-electron chi connectivity index (χ3n) is 2.35. The zero-order valence-corrected chi connectivity index (χ0v) is 10.0. The van der Waals surface area contributed by atoms with Crippen molar-refractivity contribution in [1.29, 1.82) is 5.26 Å². The van der Waals surface area contributed by atoms with Crippen molar-refractivity contribution in [3.8, 4) is 6.07 Å². The van der Waals surface area contributed by atoms with Crippen LogP contribution >= 0.6 is 0 Å². The minimum Gasteiger partial charge on any atom is -0.390 e. The van der Waals surface area contributed by atoms with Crippen molar-refractivity contribution in [1.82, 2.24) is 0 Å². The fourth-order valence-electron chi connectivity index (χ4n) is 1.48. The van der Waals surface area contributed by atoms with Gasteiger partial charge in [-0.1, -0.05) is 29.4 Å². The summed E-state index contributed by atoms with van der Waals surface area (Å²) in [7, 11) is 0. The Bertz CT molecular complexity index is 632. The van der Waals surface area contributed by atoms with E-state index in [0.717, 1.165) is 0 Å². The van der Waals surface area contributed by atoms with Crippen LogP contribution in [0.5, 0.6) is 0 Å². The summed E-state index contributed by atoms with van der Waals surface area (Å²) in [6, 6.07) is 15.0. The maximum Gasteiger partial charge on any atom is 0.142 e. The van der Waals surface area contributed by atoms with Crippen molar-refractivity contribution in [3.63, 3.8) is 0 Å². The summed E-state index contributed by atoms with van der Waals surface area (Å²) in [4.78, 5) is 5.02. The molecule has 0 aliphatic heterocycles. The molecule has 3 nitrogen and oxygen atoms in total. The zero-order valence-electron chi connectivity index (χ0n) is 10.0. The van der Waals surface area contributed by atoms with E-state index in [0.29, 0.717) is 16.7 Å². The molecule has 0 bridgehead atoms. The average molecular weight is 253 g/mol. The van der Waals surface area contributed by atoms with Gasteiger partial charge in [-0.25, -0.2) is 4.39 Å². The summed E-state index contributed by atoms with van der Waals surface area (Å²) in [5.74, 6) is -0.309. The summed E-state index contributed by atoms with van der Waals surface area (Å²) < 4.78 is 12.9. The molecule has 0 aliphatic rings. The molecule has 19 heavy (non-hydrogen) atoms. The summed E-state index contributed by atoms with van der Waals surface area (Å²) in [5.41, 5.74) is 1.87. The molecule has 0 unspecified atom stereocenters. The number of benzene rings is 2. The molecule has 1 radical (unpaired) electrons. The highest BCUT2D eigenvalue weighted by Crippen LogP contribution is 2.05. The van der Waals surface area contributed by atoms with Gasteiger partial charge < -0.3 is 4.84 Å². The molecule has 93 valence electrons. The Labute approximate surface area is 110 Å². The Kier molecular flexibility index (Phi) is 4.25. The zero-order chi connectivity index (χ0) is 13.5. The van der Waals surface area contributed by atoms with Crippen LogP contribution < -0.4 is 0 Å². The van der Waals surface area contributed by atoms with Crippen LogP contribution in [0.3, 0.4) is 0 Å². The van der Waals surface area contributed by atoms with Crippen LogP contribution in [0.2, 0.25) is 0 Å². The van der Waals surface area contributed by atoms with Crippen molar-refractivity contribution in [3.05, 3.63) is 71.0 Å². The lowest BCUT2D eigenvalue weighted by molar-refractivity contribution is 0.132. The Hall–Kier alpha value is -2.67. The van der Waals surface area contributed by atoms with Gasteiger partial charge in [-0.15, -0.1) is 0 Å². The van der Waals surface area contributed by atoms with Gasteiger partial charge in [0.2, 0.25) is 0 Å². The van der Waals surface area contributed by atoms with E-state index in [-0.39, 0.29) is 12.4 Å². The van der Waals surface area contributed by atoms with E-state index in [1.54, 1.807) is 36.4 Å². The predicted molar refractivity (Wildman–Crippen MR) is 68.9 cm³/mol. The Balaban J connectivity index is 1.92. The van der Waals surface area contributed by atoms with E-state index >= 15 is 0 Å². The topological polar surface area (TPSA) is 45.4 Å². The Morgan fingerprint density at radius 1 is 1.11 bits per heavy atom. The van der Waals surface area contributed by atoms with Gasteiger partial charge in [-0.3, -0.25) is 0 Å². The van der Waals surface area contributed by atoms with Crippen LogP contribution in [0, 0.1) is 17.1 Å². The molecule has 0 heterocycles. The van der Waals surface area contributed by atoms with Crippen LogP contribution in [-0.4, -0.2) is 6.21 Å². The standard InChI is InChI=1S/C15H10FN2O/c16-15-6-2-5-14(8-15)11-19-18-10-13-4-1-3-12(7-13)9-17/h1-8H,11H2. The van der Waals surface area contributed by atoms with Gasteiger partial charge in [0.05, 0.1) is 11.6 Å². The van der Waals surface area contributed by atoms with Crippen LogP contribution in [0.25, 0.3) is 0 Å². The first-order valence-electron chi connectivity index (χ1n) is 5.60. The lowest BCUT2D eigenvalue weighted by atomic mass is 10.1. The van der Waals surface area contributed by atoms with E-state index < -0.39 is 0 Å². The molecular weight excluding hydrogens is 243 g/mol. The number of rotatable bonds is 4. The third-order valence-corrected chi connectivity index (χ3v) is 2.35. The fourth-order valence-corrected chi connectivity index (χ4v) is 1.48. The highest BCUT2D eigenvalue weighted by Gasteiger charge is 1.95. The lowest BCUT2D eigenvalue weighted by Crippen LogP contribution is -1.89. The van der Waals surface area contributed by atoms with Gasteiger partial charge >= 0.3 is 0 Å². The van der Waals surface area contributed by atoms with E-state index in [4.69, 9.17) is 10.1 Å². The number of nitriles is 1. The normalized spacial score (nSPS) is 10.3. The Morgan fingerprint density at radius 2 is 1.89 bits per heavy atom. The number of nitrogens with zero attached hydrogens (tertiary/aromatic N) is 2. The maximum absolute atomic E-state index is 12.9. The first-order chi connectivity index (χ1) is 9.28. The SMILES string of the molecule is N#Cc1cccc(/[C]=N\OCc2cccc(F)c2)c1. The van der Waals surface area contributed by atoms with Gasteiger partial charge in [0.25, 0.3) is 0 Å². The molecule has 0 fully saturated rings. The molecule has 2 aromatic rings. The van der Waals surface area contributed by atoms with Crippen molar-refractivity contribution in [2.75, 3.05) is 0 Å². The van der Waals surface area contributed by atoms with Crippen LogP contribution in [0.1, 0.15) is 16.7 Å². The molecule has 0 aromatic heterocycles. The van der Waals surface area contributed by atoms with E-state index in [1.165, 1.54) is 12.1 Å². The van der Waals surface area contributed by atoms with Gasteiger partial charge in [-0.05, 0) is 29.8 Å². The molecule has 0 saturated heterocycles. The molecule has 2 aromatic carbocycles. The molecule has 0 amide bonds. The summed E-state index contributed by atoms with van der Waals surface area (Å²) in [6.45, 7) is 0.169. The first kappa shape index (κ1) is 12.8. The highest BCUT2D eigenvalue weighted by molar-refractivity contribution is 5.79. The average Bonchev–Trinajstić information content (AvgIpc) is 2.44. The minimum absolute atomic E-state index is 0.169. The maximum atomic E-state index is 12.9. The monoisotopic (exact) mass is 253 g/mol. The smallest absolute Gasteiger partial charge is 0.142 e. The first-order valence-corrected chi connectivity index (χ1v) is 5.60. The molecule has 0 spiro atoms. The van der Waals surface area contributed by atoms with Crippen LogP contribution in [0.4, 0.5) is 4.39 Å². The number of hydrogen-bond acceptors (Lipinski definition) is 3. The minimum atomic E-state index is -0.309. The predicted octanol–water partition coefficient (Wildman–Crippen LogP) is 3.13. The van der Waals surface area contributed by atoms with Gasteiger partial charge in [0.15, 0.2) is 0 Å². The Morgan fingerprint density at radius 3 is 2.68 bits per heavy atom. The largest absolute Gasteiger partial charge is 0.390 e. The van der Waals surface area contributed by atoms with Gasteiger partial charge in [0.1, 0.15) is 18.6 Å². The van der Waals surface area contributed by atoms with Crippen LogP contribution in [-0.2, 0) is 11.4 Å². The highest BCUT2D eigenvalue weighted by atomic mass is 19.1. The fraction of sp³-hybridized carbons (Fsp3) is 0.0667. The molecule has 0 atom stereocenters. The molecule has 2 rings (SSSR count). The molecular formula is C15H10FN2O. The van der Waals surface area contributed by atoms with Crippen LogP contribution in [0.15, 0.2) is 53.7 Å². The summed E-state index contributed by atoms with van der Waals surface area (Å²) >= 11 is 0. The number of hydrogen-bond donors (Lipinski definition) is 0. The quantitative estimate of drug-likeness (QED) is 0.620. The molecule has 0 N–H and O–H groups in total. The molecule has 0 aliphatic carbocycles. The van der Waals surface area contributed by atoms with Crippen molar-refractivity contribution < 1.29 is 9.23 Å². The molecule has 4 heteroatoms. The summed E-state index contributed by atoms with van der Waals surface area (Å²) in [5, 5.41) is 12.4.